The van der Waals surface area contributed by atoms with Crippen LogP contribution < -0.4 is 0 Å². The Morgan fingerprint density at radius 3 is 2.50 bits per heavy atom. The van der Waals surface area contributed by atoms with E-state index >= 15 is 0 Å². The predicted molar refractivity (Wildman–Crippen MR) is 66.5 cm³/mol. The van der Waals surface area contributed by atoms with Crippen molar-refractivity contribution in [2.24, 2.45) is 10.2 Å². The van der Waals surface area contributed by atoms with Gasteiger partial charge in [0.2, 0.25) is 9.84 Å². The van der Waals surface area contributed by atoms with E-state index in [0.717, 1.165) is 5.56 Å². The number of carboxylic acid groups (broad SMARTS) is 1. The van der Waals surface area contributed by atoms with Gasteiger partial charge in [0, 0.05) is 6.42 Å². The number of carboxylic acids is 1. The fourth-order valence-corrected chi connectivity index (χ4v) is 2.55. The van der Waals surface area contributed by atoms with Gasteiger partial charge in [0.05, 0.1) is 5.71 Å². The molecule has 94 valence electrons. The van der Waals surface area contributed by atoms with Crippen molar-refractivity contribution in [2.75, 3.05) is 5.75 Å². The lowest BCUT2D eigenvalue weighted by Gasteiger charge is -2.01. The van der Waals surface area contributed by atoms with Gasteiger partial charge in [0.15, 0.2) is 10.8 Å². The number of sulfone groups is 1. The highest BCUT2D eigenvalue weighted by Gasteiger charge is 2.28. The van der Waals surface area contributed by atoms with Crippen LogP contribution in [0.1, 0.15) is 12.0 Å². The summed E-state index contributed by atoms with van der Waals surface area (Å²) in [5.74, 6) is -2.35. The molecule has 0 unspecified atom stereocenters. The fraction of sp³-hybridized carbons (Fsp3) is 0.182. The summed E-state index contributed by atoms with van der Waals surface area (Å²) in [5, 5.41) is 15.7. The summed E-state index contributed by atoms with van der Waals surface area (Å²) in [4.78, 5) is 10.5. The Kier molecular flexibility index (Phi) is 3.24. The van der Waals surface area contributed by atoms with E-state index in [0.29, 0.717) is 5.71 Å². The van der Waals surface area contributed by atoms with Gasteiger partial charge in [-0.25, -0.2) is 8.42 Å². The molecule has 1 aromatic carbocycles. The maximum absolute atomic E-state index is 11.6. The highest BCUT2D eigenvalue weighted by atomic mass is 32.2. The Bertz CT molecular complexity index is 632. The molecule has 0 bridgehead atoms. The van der Waals surface area contributed by atoms with E-state index in [9.17, 15) is 13.2 Å². The standard InChI is InChI=1S/C11H10N2O4S/c14-11(15)7-18(16,17)10-6-9(12-13-10)8-4-2-1-3-5-8/h1-5H,6-7H2,(H,14,15). The molecule has 0 saturated carbocycles. The number of carbonyl (C=O) groups is 1. The second kappa shape index (κ2) is 4.69. The van der Waals surface area contributed by atoms with Crippen LogP contribution in [0.3, 0.4) is 0 Å². The average Bonchev–Trinajstić information content (AvgIpc) is 2.78. The second-order valence-corrected chi connectivity index (χ2v) is 5.73. The second-order valence-electron chi connectivity index (χ2n) is 3.74. The van der Waals surface area contributed by atoms with Crippen molar-refractivity contribution in [3.05, 3.63) is 35.9 Å². The molecule has 0 spiro atoms. The van der Waals surface area contributed by atoms with Gasteiger partial charge >= 0.3 is 5.97 Å². The van der Waals surface area contributed by atoms with Gasteiger partial charge in [-0.1, -0.05) is 30.3 Å². The molecule has 1 aliphatic rings. The number of hydrogen-bond donors (Lipinski definition) is 1. The summed E-state index contributed by atoms with van der Waals surface area (Å²) in [6.07, 6.45) is 0.0413. The third kappa shape index (κ3) is 2.62. The Labute approximate surface area is 104 Å². The van der Waals surface area contributed by atoms with Crippen LogP contribution in [0.4, 0.5) is 0 Å². The molecule has 18 heavy (non-hydrogen) atoms. The van der Waals surface area contributed by atoms with Crippen LogP contribution >= 0.6 is 0 Å². The first-order valence-corrected chi connectivity index (χ1v) is 6.77. The summed E-state index contributed by atoms with van der Waals surface area (Å²) in [5.41, 5.74) is 1.31. The van der Waals surface area contributed by atoms with Crippen LogP contribution in [-0.4, -0.2) is 36.0 Å². The van der Waals surface area contributed by atoms with Crippen LogP contribution in [0.2, 0.25) is 0 Å². The minimum absolute atomic E-state index is 0.0413. The molecule has 7 heteroatoms. The smallest absolute Gasteiger partial charge is 0.319 e. The molecular formula is C11H10N2O4S. The van der Waals surface area contributed by atoms with Gasteiger partial charge in [0.25, 0.3) is 0 Å². The molecule has 6 nitrogen and oxygen atoms in total. The molecule has 0 saturated heterocycles. The number of nitrogens with zero attached hydrogens (tertiary/aromatic N) is 2. The minimum Gasteiger partial charge on any atom is -0.480 e. The minimum atomic E-state index is -3.86. The monoisotopic (exact) mass is 266 g/mol. The molecule has 0 radical (unpaired) electrons. The molecule has 0 aliphatic carbocycles. The van der Waals surface area contributed by atoms with Crippen molar-refractivity contribution in [2.45, 2.75) is 6.42 Å². The maximum Gasteiger partial charge on any atom is 0.319 e. The van der Waals surface area contributed by atoms with Gasteiger partial charge in [-0.15, -0.1) is 5.10 Å². The van der Waals surface area contributed by atoms with Gasteiger partial charge in [-0.05, 0) is 5.56 Å². The first-order valence-electron chi connectivity index (χ1n) is 5.12. The maximum atomic E-state index is 11.6. The Balaban J connectivity index is 2.15. The van der Waals surface area contributed by atoms with Crippen LogP contribution in [0.25, 0.3) is 0 Å². The zero-order valence-electron chi connectivity index (χ0n) is 9.28. The van der Waals surface area contributed by atoms with Crippen molar-refractivity contribution in [1.29, 1.82) is 0 Å². The Hall–Kier alpha value is -2.02. The first-order chi connectivity index (χ1) is 8.49. The highest BCUT2D eigenvalue weighted by Crippen LogP contribution is 2.15. The van der Waals surface area contributed by atoms with E-state index in [1.54, 1.807) is 12.1 Å². The number of benzene rings is 1. The average molecular weight is 266 g/mol. The summed E-state index contributed by atoms with van der Waals surface area (Å²) in [6.45, 7) is 0. The molecule has 0 atom stereocenters. The van der Waals surface area contributed by atoms with Gasteiger partial charge in [-0.2, -0.15) is 5.10 Å². The largest absolute Gasteiger partial charge is 0.480 e. The predicted octanol–water partition coefficient (Wildman–Crippen LogP) is 0.692. The molecule has 1 aromatic rings. The van der Waals surface area contributed by atoms with E-state index in [2.05, 4.69) is 10.2 Å². The molecule has 0 amide bonds. The quantitative estimate of drug-likeness (QED) is 0.870. The molecule has 1 heterocycles. The van der Waals surface area contributed by atoms with Crippen LogP contribution in [0.15, 0.2) is 40.5 Å². The molecule has 1 N–H and O–H groups in total. The zero-order chi connectivity index (χ0) is 13.2. The normalized spacial score (nSPS) is 15.1. The van der Waals surface area contributed by atoms with Gasteiger partial charge < -0.3 is 5.11 Å². The summed E-state index contributed by atoms with van der Waals surface area (Å²) >= 11 is 0. The summed E-state index contributed by atoms with van der Waals surface area (Å²) in [7, 11) is -3.86. The lowest BCUT2D eigenvalue weighted by Crippen LogP contribution is -2.23. The molecule has 2 rings (SSSR count). The van der Waals surface area contributed by atoms with E-state index in [1.165, 1.54) is 0 Å². The summed E-state index contributed by atoms with van der Waals surface area (Å²) in [6, 6.07) is 9.04. The zero-order valence-corrected chi connectivity index (χ0v) is 10.1. The van der Waals surface area contributed by atoms with Crippen molar-refractivity contribution >= 4 is 26.6 Å². The van der Waals surface area contributed by atoms with E-state index < -0.39 is 21.6 Å². The molecule has 1 aliphatic heterocycles. The fourth-order valence-electron chi connectivity index (χ4n) is 1.54. The highest BCUT2D eigenvalue weighted by molar-refractivity contribution is 8.07. The number of rotatable bonds is 3. The third-order valence-electron chi connectivity index (χ3n) is 2.38. The third-order valence-corrected chi connectivity index (χ3v) is 3.95. The van der Waals surface area contributed by atoms with Crippen molar-refractivity contribution in [3.63, 3.8) is 0 Å². The Morgan fingerprint density at radius 1 is 1.22 bits per heavy atom. The van der Waals surface area contributed by atoms with Crippen LogP contribution in [0.5, 0.6) is 0 Å². The van der Waals surface area contributed by atoms with Crippen LogP contribution in [-0.2, 0) is 14.6 Å². The van der Waals surface area contributed by atoms with E-state index in [-0.39, 0.29) is 11.5 Å². The molecule has 0 fully saturated rings. The lowest BCUT2D eigenvalue weighted by molar-refractivity contribution is -0.134. The number of aliphatic carboxylic acids is 1. The van der Waals surface area contributed by atoms with E-state index in [4.69, 9.17) is 5.11 Å². The summed E-state index contributed by atoms with van der Waals surface area (Å²) < 4.78 is 23.3. The van der Waals surface area contributed by atoms with Crippen molar-refractivity contribution in [1.82, 2.24) is 0 Å². The number of hydrogen-bond acceptors (Lipinski definition) is 5. The Morgan fingerprint density at radius 2 is 1.89 bits per heavy atom. The SMILES string of the molecule is O=C(O)CS(=O)(=O)C1=NN=C(c2ccccc2)C1. The molecular weight excluding hydrogens is 256 g/mol. The van der Waals surface area contributed by atoms with E-state index in [1.807, 2.05) is 18.2 Å². The molecule has 0 aromatic heterocycles. The van der Waals surface area contributed by atoms with Crippen molar-refractivity contribution in [3.8, 4) is 0 Å². The topological polar surface area (TPSA) is 96.2 Å². The van der Waals surface area contributed by atoms with Crippen LogP contribution in [0, 0.1) is 0 Å². The lowest BCUT2D eigenvalue weighted by atomic mass is 10.1. The van der Waals surface area contributed by atoms with Gasteiger partial charge in [0.1, 0.15) is 0 Å². The van der Waals surface area contributed by atoms with Crippen molar-refractivity contribution < 1.29 is 18.3 Å². The van der Waals surface area contributed by atoms with Gasteiger partial charge in [-0.3, -0.25) is 4.79 Å². The first kappa shape index (κ1) is 12.4.